The molecule has 1 heterocycles. The van der Waals surface area contributed by atoms with Crippen LogP contribution in [0.25, 0.3) is 21.8 Å². The minimum atomic E-state index is -0.935. The maximum absolute atomic E-state index is 12.6. The Morgan fingerprint density at radius 1 is 1.07 bits per heavy atom. The van der Waals surface area contributed by atoms with E-state index in [4.69, 9.17) is 0 Å². The summed E-state index contributed by atoms with van der Waals surface area (Å²) in [4.78, 5) is 23.9. The fraction of sp³-hybridized carbons (Fsp3) is 0.364. The van der Waals surface area contributed by atoms with Crippen molar-refractivity contribution in [1.82, 2.24) is 9.88 Å². The Labute approximate surface area is 164 Å². The normalized spacial score (nSPS) is 13.5. The Morgan fingerprint density at radius 2 is 1.79 bits per heavy atom. The van der Waals surface area contributed by atoms with Gasteiger partial charge in [-0.1, -0.05) is 31.5 Å². The molecule has 0 saturated carbocycles. The molecule has 6 heteroatoms. The van der Waals surface area contributed by atoms with Crippen molar-refractivity contribution in [2.45, 2.75) is 52.2 Å². The Hall–Kier alpha value is -2.86. The first-order chi connectivity index (χ1) is 13.5. The van der Waals surface area contributed by atoms with Gasteiger partial charge in [0.15, 0.2) is 0 Å². The molecule has 0 aliphatic heterocycles. The second-order valence-electron chi connectivity index (χ2n) is 7.05. The lowest BCUT2D eigenvalue weighted by molar-refractivity contribution is -0.140. The van der Waals surface area contributed by atoms with Crippen molar-refractivity contribution in [3.8, 4) is 0 Å². The first kappa shape index (κ1) is 19.9. The van der Waals surface area contributed by atoms with Crippen molar-refractivity contribution in [3.63, 3.8) is 0 Å². The van der Waals surface area contributed by atoms with E-state index in [1.54, 1.807) is 6.92 Å². The molecule has 28 heavy (non-hydrogen) atoms. The molecule has 2 unspecified atom stereocenters. The number of amides is 1. The summed E-state index contributed by atoms with van der Waals surface area (Å²) >= 11 is 0. The van der Waals surface area contributed by atoms with Crippen LogP contribution in [0.15, 0.2) is 42.5 Å². The SMILES string of the molecule is CCCC(NC(C)C(=O)Nc1ccc2c(c1)c1ccccc1n2CC)C(=O)O. The monoisotopic (exact) mass is 381 g/mol. The Bertz CT molecular complexity index is 1010. The van der Waals surface area contributed by atoms with Crippen LogP contribution in [0, 0.1) is 0 Å². The second kappa shape index (κ2) is 8.44. The number of benzene rings is 2. The summed E-state index contributed by atoms with van der Waals surface area (Å²) < 4.78 is 2.25. The van der Waals surface area contributed by atoms with Gasteiger partial charge in [0.25, 0.3) is 0 Å². The molecule has 3 aromatic rings. The number of anilines is 1. The van der Waals surface area contributed by atoms with Gasteiger partial charge in [0, 0.05) is 34.0 Å². The van der Waals surface area contributed by atoms with Crippen molar-refractivity contribution >= 4 is 39.4 Å². The average molecular weight is 381 g/mol. The standard InChI is InChI=1S/C22H27N3O3/c1-4-8-18(22(27)28)23-14(3)21(26)24-15-11-12-20-17(13-15)16-9-6-7-10-19(16)25(20)5-2/h6-7,9-14,18,23H,4-5,8H2,1-3H3,(H,24,26)(H,27,28). The summed E-state index contributed by atoms with van der Waals surface area (Å²) in [7, 11) is 0. The van der Waals surface area contributed by atoms with Crippen molar-refractivity contribution < 1.29 is 14.7 Å². The number of aliphatic carboxylic acids is 1. The molecule has 0 aliphatic carbocycles. The van der Waals surface area contributed by atoms with E-state index in [-0.39, 0.29) is 5.91 Å². The maximum Gasteiger partial charge on any atom is 0.320 e. The molecular formula is C22H27N3O3. The van der Waals surface area contributed by atoms with E-state index in [2.05, 4.69) is 34.3 Å². The zero-order chi connectivity index (χ0) is 20.3. The van der Waals surface area contributed by atoms with Gasteiger partial charge in [-0.25, -0.2) is 0 Å². The van der Waals surface area contributed by atoms with E-state index in [1.165, 1.54) is 5.52 Å². The van der Waals surface area contributed by atoms with Crippen molar-refractivity contribution in [1.29, 1.82) is 0 Å². The molecule has 2 aromatic carbocycles. The second-order valence-corrected chi connectivity index (χ2v) is 7.05. The molecule has 148 valence electrons. The number of carboxylic acids is 1. The molecule has 3 N–H and O–H groups in total. The van der Waals surface area contributed by atoms with E-state index < -0.39 is 18.1 Å². The molecule has 2 atom stereocenters. The predicted molar refractivity (Wildman–Crippen MR) is 113 cm³/mol. The number of carboxylic acid groups (broad SMARTS) is 1. The molecule has 3 rings (SSSR count). The quantitative estimate of drug-likeness (QED) is 0.551. The largest absolute Gasteiger partial charge is 0.480 e. The van der Waals surface area contributed by atoms with Crippen LogP contribution in [0.2, 0.25) is 0 Å². The fourth-order valence-corrected chi connectivity index (χ4v) is 3.67. The molecule has 6 nitrogen and oxygen atoms in total. The van der Waals surface area contributed by atoms with Gasteiger partial charge in [-0.3, -0.25) is 14.9 Å². The highest BCUT2D eigenvalue weighted by Gasteiger charge is 2.22. The molecular weight excluding hydrogens is 354 g/mol. The topological polar surface area (TPSA) is 83.4 Å². The zero-order valence-electron chi connectivity index (χ0n) is 16.5. The van der Waals surface area contributed by atoms with Crippen molar-refractivity contribution in [2.24, 2.45) is 0 Å². The third kappa shape index (κ3) is 3.87. The molecule has 0 spiro atoms. The minimum Gasteiger partial charge on any atom is -0.480 e. The first-order valence-corrected chi connectivity index (χ1v) is 9.77. The Kier molecular flexibility index (Phi) is 5.99. The highest BCUT2D eigenvalue weighted by molar-refractivity contribution is 6.10. The van der Waals surface area contributed by atoms with Crippen LogP contribution in [0.4, 0.5) is 5.69 Å². The number of nitrogens with one attached hydrogen (secondary N) is 2. The third-order valence-corrected chi connectivity index (χ3v) is 5.08. The smallest absolute Gasteiger partial charge is 0.320 e. The summed E-state index contributed by atoms with van der Waals surface area (Å²) in [6, 6.07) is 12.8. The number of carbonyl (C=O) groups excluding carboxylic acids is 1. The lowest BCUT2D eigenvalue weighted by Gasteiger charge is -2.19. The first-order valence-electron chi connectivity index (χ1n) is 9.77. The number of aryl methyl sites for hydroxylation is 1. The van der Waals surface area contributed by atoms with E-state index in [1.807, 2.05) is 37.3 Å². The molecule has 1 amide bonds. The number of aromatic nitrogens is 1. The van der Waals surface area contributed by atoms with E-state index >= 15 is 0 Å². The molecule has 0 fully saturated rings. The molecule has 0 radical (unpaired) electrons. The summed E-state index contributed by atoms with van der Waals surface area (Å²) in [5.41, 5.74) is 3.00. The zero-order valence-corrected chi connectivity index (χ0v) is 16.5. The third-order valence-electron chi connectivity index (χ3n) is 5.08. The number of para-hydroxylation sites is 1. The van der Waals surface area contributed by atoms with E-state index in [9.17, 15) is 14.7 Å². The van der Waals surface area contributed by atoms with Gasteiger partial charge in [0.1, 0.15) is 6.04 Å². The Morgan fingerprint density at radius 3 is 2.46 bits per heavy atom. The highest BCUT2D eigenvalue weighted by Crippen LogP contribution is 2.31. The van der Waals surface area contributed by atoms with Crippen LogP contribution < -0.4 is 10.6 Å². The number of carbonyl (C=O) groups is 2. The average Bonchev–Trinajstić information content (AvgIpc) is 3.00. The molecule has 0 aliphatic rings. The lowest BCUT2D eigenvalue weighted by Crippen LogP contribution is -2.47. The van der Waals surface area contributed by atoms with Crippen LogP contribution in [0.3, 0.4) is 0 Å². The Balaban J connectivity index is 1.83. The van der Waals surface area contributed by atoms with Crippen LogP contribution in [0.5, 0.6) is 0 Å². The van der Waals surface area contributed by atoms with E-state index in [0.717, 1.165) is 29.3 Å². The van der Waals surface area contributed by atoms with Gasteiger partial charge in [-0.2, -0.15) is 0 Å². The summed E-state index contributed by atoms with van der Waals surface area (Å²) in [5.74, 6) is -1.18. The van der Waals surface area contributed by atoms with Gasteiger partial charge < -0.3 is 15.0 Å². The van der Waals surface area contributed by atoms with E-state index in [0.29, 0.717) is 12.1 Å². The van der Waals surface area contributed by atoms with Gasteiger partial charge in [0.05, 0.1) is 6.04 Å². The van der Waals surface area contributed by atoms with Crippen LogP contribution >= 0.6 is 0 Å². The number of fused-ring (bicyclic) bond motifs is 3. The van der Waals surface area contributed by atoms with Crippen LogP contribution in [-0.4, -0.2) is 33.6 Å². The summed E-state index contributed by atoms with van der Waals surface area (Å²) in [6.07, 6.45) is 1.21. The molecule has 0 bridgehead atoms. The van der Waals surface area contributed by atoms with Gasteiger partial charge in [-0.15, -0.1) is 0 Å². The summed E-state index contributed by atoms with van der Waals surface area (Å²) in [6.45, 7) is 6.58. The number of rotatable bonds is 8. The fourth-order valence-electron chi connectivity index (χ4n) is 3.67. The van der Waals surface area contributed by atoms with Gasteiger partial charge in [-0.05, 0) is 44.5 Å². The van der Waals surface area contributed by atoms with Gasteiger partial charge >= 0.3 is 5.97 Å². The number of hydrogen-bond acceptors (Lipinski definition) is 3. The molecule has 0 saturated heterocycles. The van der Waals surface area contributed by atoms with Gasteiger partial charge in [0.2, 0.25) is 5.91 Å². The summed E-state index contributed by atoms with van der Waals surface area (Å²) in [5, 5.41) is 17.3. The maximum atomic E-state index is 12.6. The molecule has 1 aromatic heterocycles. The lowest BCUT2D eigenvalue weighted by atomic mass is 10.1. The van der Waals surface area contributed by atoms with Crippen molar-refractivity contribution in [3.05, 3.63) is 42.5 Å². The van der Waals surface area contributed by atoms with Crippen LogP contribution in [0.1, 0.15) is 33.6 Å². The van der Waals surface area contributed by atoms with Crippen molar-refractivity contribution in [2.75, 3.05) is 5.32 Å². The highest BCUT2D eigenvalue weighted by atomic mass is 16.4. The minimum absolute atomic E-state index is 0.249. The number of hydrogen-bond donors (Lipinski definition) is 3. The number of nitrogens with zero attached hydrogens (tertiary/aromatic N) is 1. The predicted octanol–water partition coefficient (Wildman–Crippen LogP) is 3.98. The van der Waals surface area contributed by atoms with Crippen LogP contribution in [-0.2, 0) is 16.1 Å².